The number of ether oxygens (including phenoxy) is 1. The molecule has 104 valence electrons. The van der Waals surface area contributed by atoms with Gasteiger partial charge in [0.05, 0.1) is 13.2 Å². The largest absolute Gasteiger partial charge is 0.494 e. The van der Waals surface area contributed by atoms with Crippen LogP contribution in [0.3, 0.4) is 0 Å². The molecule has 0 aliphatic carbocycles. The molecule has 6 heteroatoms. The van der Waals surface area contributed by atoms with Crippen molar-refractivity contribution in [3.05, 3.63) is 46.0 Å². The van der Waals surface area contributed by atoms with Crippen LogP contribution in [0.4, 0.5) is 0 Å². The molecule has 0 fully saturated rings. The number of aromatic nitrogens is 1. The molecule has 1 heterocycles. The predicted octanol–water partition coefficient (Wildman–Crippen LogP) is 4.25. The fourth-order valence-corrected chi connectivity index (χ4v) is 1.84. The second-order valence-corrected chi connectivity index (χ2v) is 4.33. The van der Waals surface area contributed by atoms with Gasteiger partial charge in [-0.3, -0.25) is 0 Å². The Morgan fingerprint density at radius 3 is 2.75 bits per heavy atom. The molecule has 1 aromatic carbocycles. The molecular formula is C14H16N4O2. The zero-order valence-electron chi connectivity index (χ0n) is 11.5. The van der Waals surface area contributed by atoms with E-state index in [-0.39, 0.29) is 6.54 Å². The van der Waals surface area contributed by atoms with Gasteiger partial charge < -0.3 is 9.26 Å². The summed E-state index contributed by atoms with van der Waals surface area (Å²) >= 11 is 0. The predicted molar refractivity (Wildman–Crippen MR) is 75.3 cm³/mol. The van der Waals surface area contributed by atoms with Crippen molar-refractivity contribution < 1.29 is 9.26 Å². The Morgan fingerprint density at radius 2 is 2.10 bits per heavy atom. The summed E-state index contributed by atoms with van der Waals surface area (Å²) in [6.45, 7) is 4.80. The first-order chi connectivity index (χ1) is 9.76. The monoisotopic (exact) mass is 272 g/mol. The van der Waals surface area contributed by atoms with Crippen LogP contribution in [0.1, 0.15) is 24.7 Å². The van der Waals surface area contributed by atoms with Crippen LogP contribution in [0.25, 0.3) is 21.7 Å². The summed E-state index contributed by atoms with van der Waals surface area (Å²) in [5.41, 5.74) is 10.9. The molecule has 0 saturated heterocycles. The van der Waals surface area contributed by atoms with E-state index in [2.05, 4.69) is 22.1 Å². The fourth-order valence-electron chi connectivity index (χ4n) is 1.84. The highest BCUT2D eigenvalue weighted by Crippen LogP contribution is 2.27. The zero-order valence-corrected chi connectivity index (χ0v) is 11.5. The lowest BCUT2D eigenvalue weighted by atomic mass is 10.1. The van der Waals surface area contributed by atoms with Gasteiger partial charge in [0.25, 0.3) is 0 Å². The van der Waals surface area contributed by atoms with E-state index in [4.69, 9.17) is 14.8 Å². The number of hydrogen-bond donors (Lipinski definition) is 0. The van der Waals surface area contributed by atoms with Gasteiger partial charge >= 0.3 is 0 Å². The lowest BCUT2D eigenvalue weighted by Gasteiger charge is -2.05. The second-order valence-electron chi connectivity index (χ2n) is 4.33. The van der Waals surface area contributed by atoms with Crippen molar-refractivity contribution in [1.29, 1.82) is 0 Å². The Hall–Kier alpha value is -2.46. The maximum Gasteiger partial charge on any atom is 0.137 e. The number of benzene rings is 1. The molecule has 0 bridgehead atoms. The maximum absolute atomic E-state index is 8.43. The van der Waals surface area contributed by atoms with Crippen molar-refractivity contribution in [3.8, 4) is 17.0 Å². The Kier molecular flexibility index (Phi) is 4.63. The van der Waals surface area contributed by atoms with E-state index >= 15 is 0 Å². The molecule has 0 N–H and O–H groups in total. The molecule has 0 amide bonds. The standard InChI is InChI=1S/C14H16N4O2/c1-3-8-19-12-6-4-11(5-7-12)14-13(9-16-18-15)10(2)20-17-14/h4-7H,3,8-9H2,1-2H3. The highest BCUT2D eigenvalue weighted by molar-refractivity contribution is 5.64. The van der Waals surface area contributed by atoms with Gasteiger partial charge in [-0.05, 0) is 43.1 Å². The Bertz CT molecular complexity index is 613. The van der Waals surface area contributed by atoms with Crippen molar-refractivity contribution in [2.24, 2.45) is 5.11 Å². The van der Waals surface area contributed by atoms with Crippen LogP contribution >= 0.6 is 0 Å². The Labute approximate surface area is 117 Å². The topological polar surface area (TPSA) is 84.0 Å². The van der Waals surface area contributed by atoms with E-state index in [1.54, 1.807) is 6.92 Å². The molecule has 6 nitrogen and oxygen atoms in total. The second kappa shape index (κ2) is 6.63. The summed E-state index contributed by atoms with van der Waals surface area (Å²) < 4.78 is 10.7. The van der Waals surface area contributed by atoms with Crippen LogP contribution in [0.5, 0.6) is 5.75 Å². The van der Waals surface area contributed by atoms with Crippen molar-refractivity contribution in [2.45, 2.75) is 26.8 Å². The molecule has 0 aliphatic rings. The van der Waals surface area contributed by atoms with Gasteiger partial charge in [0.15, 0.2) is 0 Å². The number of azide groups is 1. The van der Waals surface area contributed by atoms with Crippen LogP contribution in [-0.4, -0.2) is 11.8 Å². The van der Waals surface area contributed by atoms with Crippen molar-refractivity contribution in [3.63, 3.8) is 0 Å². The van der Waals surface area contributed by atoms with Gasteiger partial charge in [-0.2, -0.15) is 0 Å². The smallest absolute Gasteiger partial charge is 0.137 e. The van der Waals surface area contributed by atoms with Gasteiger partial charge in [-0.15, -0.1) is 0 Å². The molecule has 0 spiro atoms. The summed E-state index contributed by atoms with van der Waals surface area (Å²) in [5, 5.41) is 7.61. The van der Waals surface area contributed by atoms with Crippen LogP contribution in [0, 0.1) is 6.92 Å². The van der Waals surface area contributed by atoms with Crippen LogP contribution in [0.2, 0.25) is 0 Å². The number of rotatable bonds is 6. The number of aryl methyl sites for hydroxylation is 1. The van der Waals surface area contributed by atoms with E-state index in [0.29, 0.717) is 18.1 Å². The molecule has 2 rings (SSSR count). The third-order valence-electron chi connectivity index (χ3n) is 2.88. The summed E-state index contributed by atoms with van der Waals surface area (Å²) in [5.74, 6) is 1.49. The molecule has 0 unspecified atom stereocenters. The molecule has 20 heavy (non-hydrogen) atoms. The van der Waals surface area contributed by atoms with Crippen molar-refractivity contribution >= 4 is 0 Å². The molecule has 0 saturated carbocycles. The van der Waals surface area contributed by atoms with Gasteiger partial charge in [-0.25, -0.2) is 0 Å². The lowest BCUT2D eigenvalue weighted by Crippen LogP contribution is -1.94. The van der Waals surface area contributed by atoms with Gasteiger partial charge in [0.1, 0.15) is 17.2 Å². The van der Waals surface area contributed by atoms with Gasteiger partial charge in [0.2, 0.25) is 0 Å². The van der Waals surface area contributed by atoms with E-state index in [1.165, 1.54) is 0 Å². The highest BCUT2D eigenvalue weighted by atomic mass is 16.5. The SMILES string of the molecule is CCCOc1ccc(-c2noc(C)c2CN=[N+]=[N-])cc1. The average Bonchev–Trinajstić information content (AvgIpc) is 2.84. The van der Waals surface area contributed by atoms with Crippen LogP contribution in [0.15, 0.2) is 33.9 Å². The third kappa shape index (κ3) is 3.10. The Morgan fingerprint density at radius 1 is 1.35 bits per heavy atom. The van der Waals surface area contributed by atoms with E-state index < -0.39 is 0 Å². The van der Waals surface area contributed by atoms with E-state index in [0.717, 1.165) is 23.3 Å². The average molecular weight is 272 g/mol. The lowest BCUT2D eigenvalue weighted by molar-refractivity contribution is 0.317. The molecule has 1 aromatic heterocycles. The first-order valence-corrected chi connectivity index (χ1v) is 6.45. The molecular weight excluding hydrogens is 256 g/mol. The molecule has 0 atom stereocenters. The minimum Gasteiger partial charge on any atom is -0.494 e. The summed E-state index contributed by atoms with van der Waals surface area (Å²) in [6, 6.07) is 7.63. The molecule has 0 radical (unpaired) electrons. The van der Waals surface area contributed by atoms with E-state index in [1.807, 2.05) is 24.3 Å². The van der Waals surface area contributed by atoms with Crippen molar-refractivity contribution in [2.75, 3.05) is 6.61 Å². The number of hydrogen-bond acceptors (Lipinski definition) is 4. The zero-order chi connectivity index (χ0) is 14.4. The minimum atomic E-state index is 0.231. The highest BCUT2D eigenvalue weighted by Gasteiger charge is 2.13. The quantitative estimate of drug-likeness (QED) is 0.447. The number of nitrogens with zero attached hydrogens (tertiary/aromatic N) is 4. The van der Waals surface area contributed by atoms with Crippen molar-refractivity contribution in [1.82, 2.24) is 5.16 Å². The van der Waals surface area contributed by atoms with E-state index in [9.17, 15) is 0 Å². The Balaban J connectivity index is 2.25. The normalized spacial score (nSPS) is 10.1. The fraction of sp³-hybridized carbons (Fsp3) is 0.357. The van der Waals surface area contributed by atoms with Crippen LogP contribution in [-0.2, 0) is 6.54 Å². The van der Waals surface area contributed by atoms with Crippen LogP contribution < -0.4 is 4.74 Å². The third-order valence-corrected chi connectivity index (χ3v) is 2.88. The van der Waals surface area contributed by atoms with Gasteiger partial charge in [0, 0.05) is 16.0 Å². The molecule has 2 aromatic rings. The summed E-state index contributed by atoms with van der Waals surface area (Å²) in [4.78, 5) is 2.77. The summed E-state index contributed by atoms with van der Waals surface area (Å²) in [7, 11) is 0. The minimum absolute atomic E-state index is 0.231. The maximum atomic E-state index is 8.43. The first-order valence-electron chi connectivity index (χ1n) is 6.45. The first kappa shape index (κ1) is 14.0. The molecule has 0 aliphatic heterocycles. The summed E-state index contributed by atoms with van der Waals surface area (Å²) in [6.07, 6.45) is 0.973. The van der Waals surface area contributed by atoms with Gasteiger partial charge in [-0.1, -0.05) is 17.2 Å².